The Labute approximate surface area is 91.0 Å². The molecule has 0 radical (unpaired) electrons. The highest BCUT2D eigenvalue weighted by atomic mass is 79.9. The molecule has 0 saturated heterocycles. The maximum Gasteiger partial charge on any atom is 0.214 e. The molecule has 0 fully saturated rings. The van der Waals surface area contributed by atoms with Crippen LogP contribution in [0.1, 0.15) is 0 Å². The second-order valence-electron chi connectivity index (χ2n) is 2.50. The summed E-state index contributed by atoms with van der Waals surface area (Å²) in [5.41, 5.74) is 0. The normalized spacial score (nSPS) is 10.1. The molecule has 14 heavy (non-hydrogen) atoms. The Kier molecular flexibility index (Phi) is 5.51. The lowest BCUT2D eigenvalue weighted by Gasteiger charge is -2.05. The molecule has 78 valence electrons. The first-order valence-electron chi connectivity index (χ1n) is 4.26. The minimum absolute atomic E-state index is 0.0368. The molecule has 4 nitrogen and oxygen atoms in total. The summed E-state index contributed by atoms with van der Waals surface area (Å²) in [4.78, 5) is 4.00. The first-order valence-corrected chi connectivity index (χ1v) is 5.05. The molecule has 0 aliphatic heterocycles. The minimum Gasteiger partial charge on any atom is -0.475 e. The maximum absolute atomic E-state index is 8.43. The average Bonchev–Trinajstić information content (AvgIpc) is 2.18. The smallest absolute Gasteiger partial charge is 0.214 e. The van der Waals surface area contributed by atoms with E-state index in [2.05, 4.69) is 20.9 Å². The molecule has 1 aromatic rings. The van der Waals surface area contributed by atoms with Crippen LogP contribution in [-0.4, -0.2) is 36.5 Å². The van der Waals surface area contributed by atoms with E-state index in [-0.39, 0.29) is 6.61 Å². The predicted molar refractivity (Wildman–Crippen MR) is 55.3 cm³/mol. The summed E-state index contributed by atoms with van der Waals surface area (Å²) in [6, 6.07) is 3.61. The van der Waals surface area contributed by atoms with Gasteiger partial charge in [-0.25, -0.2) is 4.98 Å². The molecule has 0 aliphatic rings. The molecule has 1 N–H and O–H groups in total. The number of aliphatic hydroxyl groups excluding tert-OH is 1. The van der Waals surface area contributed by atoms with Gasteiger partial charge < -0.3 is 14.6 Å². The highest BCUT2D eigenvalue weighted by molar-refractivity contribution is 9.10. The Morgan fingerprint density at radius 3 is 2.93 bits per heavy atom. The van der Waals surface area contributed by atoms with E-state index in [1.165, 1.54) is 0 Å². The lowest BCUT2D eigenvalue weighted by Crippen LogP contribution is -2.09. The predicted octanol–water partition coefficient (Wildman–Crippen LogP) is 1.23. The summed E-state index contributed by atoms with van der Waals surface area (Å²) in [6.07, 6.45) is 1.66. The van der Waals surface area contributed by atoms with Crippen LogP contribution in [0.25, 0.3) is 0 Å². The summed E-state index contributed by atoms with van der Waals surface area (Å²) in [7, 11) is 0. The van der Waals surface area contributed by atoms with Crippen LogP contribution in [0.2, 0.25) is 0 Å². The van der Waals surface area contributed by atoms with Crippen molar-refractivity contribution >= 4 is 15.9 Å². The molecule has 1 heterocycles. The zero-order chi connectivity index (χ0) is 10.2. The van der Waals surface area contributed by atoms with Crippen LogP contribution in [0, 0.1) is 0 Å². The van der Waals surface area contributed by atoms with Gasteiger partial charge in [-0.2, -0.15) is 0 Å². The number of aliphatic hydroxyl groups is 1. The van der Waals surface area contributed by atoms with E-state index in [1.54, 1.807) is 12.3 Å². The minimum atomic E-state index is 0.0368. The van der Waals surface area contributed by atoms with Crippen molar-refractivity contribution < 1.29 is 14.6 Å². The number of halogens is 1. The second-order valence-corrected chi connectivity index (χ2v) is 3.41. The van der Waals surface area contributed by atoms with Crippen molar-refractivity contribution in [2.45, 2.75) is 0 Å². The summed E-state index contributed by atoms with van der Waals surface area (Å²) in [5.74, 6) is 0.562. The fraction of sp³-hybridized carbons (Fsp3) is 0.444. The van der Waals surface area contributed by atoms with E-state index >= 15 is 0 Å². The van der Waals surface area contributed by atoms with Gasteiger partial charge in [0, 0.05) is 16.7 Å². The molecule has 5 heteroatoms. The van der Waals surface area contributed by atoms with Gasteiger partial charge in [-0.3, -0.25) is 0 Å². The lowest BCUT2D eigenvalue weighted by molar-refractivity contribution is 0.0695. The molecule has 1 rings (SSSR count). The van der Waals surface area contributed by atoms with Crippen molar-refractivity contribution in [1.82, 2.24) is 4.98 Å². The molecule has 0 atom stereocenters. The Morgan fingerprint density at radius 1 is 1.36 bits per heavy atom. The number of ether oxygens (including phenoxy) is 2. The van der Waals surface area contributed by atoms with Crippen LogP contribution in [0.3, 0.4) is 0 Å². The van der Waals surface area contributed by atoms with E-state index in [1.807, 2.05) is 6.07 Å². The van der Waals surface area contributed by atoms with Crippen molar-refractivity contribution in [3.05, 3.63) is 22.8 Å². The van der Waals surface area contributed by atoms with Gasteiger partial charge in [-0.1, -0.05) is 15.9 Å². The highest BCUT2D eigenvalue weighted by Crippen LogP contribution is 2.14. The summed E-state index contributed by atoms with van der Waals surface area (Å²) in [5, 5.41) is 8.43. The SMILES string of the molecule is OCCOCCOc1cc(Br)ccn1. The van der Waals surface area contributed by atoms with Gasteiger partial charge in [0.05, 0.1) is 19.8 Å². The van der Waals surface area contributed by atoms with Crippen molar-refractivity contribution in [2.24, 2.45) is 0 Å². The maximum atomic E-state index is 8.43. The fourth-order valence-corrected chi connectivity index (χ4v) is 1.15. The van der Waals surface area contributed by atoms with Gasteiger partial charge in [0.15, 0.2) is 0 Å². The molecule has 0 bridgehead atoms. The highest BCUT2D eigenvalue weighted by Gasteiger charge is 1.95. The van der Waals surface area contributed by atoms with Gasteiger partial charge in [-0.05, 0) is 6.07 Å². The summed E-state index contributed by atoms with van der Waals surface area (Å²) in [6.45, 7) is 1.27. The second kappa shape index (κ2) is 6.75. The lowest BCUT2D eigenvalue weighted by atomic mass is 10.5. The molecule has 0 aromatic carbocycles. The van der Waals surface area contributed by atoms with Crippen molar-refractivity contribution in [3.63, 3.8) is 0 Å². The van der Waals surface area contributed by atoms with E-state index < -0.39 is 0 Å². The number of hydrogen-bond donors (Lipinski definition) is 1. The van der Waals surface area contributed by atoms with Crippen LogP contribution < -0.4 is 4.74 Å². The zero-order valence-corrected chi connectivity index (χ0v) is 9.24. The molecular weight excluding hydrogens is 250 g/mol. The van der Waals surface area contributed by atoms with Gasteiger partial charge in [0.1, 0.15) is 6.61 Å². The van der Waals surface area contributed by atoms with Crippen LogP contribution in [0.15, 0.2) is 22.8 Å². The fourth-order valence-electron chi connectivity index (χ4n) is 0.836. The quantitative estimate of drug-likeness (QED) is 0.783. The number of pyridine rings is 1. The molecule has 1 aromatic heterocycles. The summed E-state index contributed by atoms with van der Waals surface area (Å²) >= 11 is 3.31. The van der Waals surface area contributed by atoms with Crippen LogP contribution in [0.4, 0.5) is 0 Å². The van der Waals surface area contributed by atoms with Gasteiger partial charge in [0.2, 0.25) is 5.88 Å². The van der Waals surface area contributed by atoms with Gasteiger partial charge in [0.25, 0.3) is 0 Å². The standard InChI is InChI=1S/C9H12BrNO3/c10-8-1-2-11-9(7-8)14-6-5-13-4-3-12/h1-2,7,12H,3-6H2. The third-order valence-electron chi connectivity index (χ3n) is 1.41. The first kappa shape index (κ1) is 11.4. The monoisotopic (exact) mass is 261 g/mol. The Morgan fingerprint density at radius 2 is 2.21 bits per heavy atom. The first-order chi connectivity index (χ1) is 6.83. The van der Waals surface area contributed by atoms with E-state index in [4.69, 9.17) is 14.6 Å². The third-order valence-corrected chi connectivity index (χ3v) is 1.90. The molecule has 0 unspecified atom stereocenters. The van der Waals surface area contributed by atoms with Gasteiger partial charge in [-0.15, -0.1) is 0 Å². The molecule has 0 spiro atoms. The topological polar surface area (TPSA) is 51.6 Å². The van der Waals surface area contributed by atoms with Gasteiger partial charge >= 0.3 is 0 Å². The Hall–Kier alpha value is -0.650. The number of hydrogen-bond acceptors (Lipinski definition) is 4. The molecule has 0 aliphatic carbocycles. The van der Waals surface area contributed by atoms with Crippen LogP contribution >= 0.6 is 15.9 Å². The zero-order valence-electron chi connectivity index (χ0n) is 7.65. The van der Waals surface area contributed by atoms with Crippen LogP contribution in [-0.2, 0) is 4.74 Å². The van der Waals surface area contributed by atoms with Crippen LogP contribution in [0.5, 0.6) is 5.88 Å². The number of nitrogens with zero attached hydrogens (tertiary/aromatic N) is 1. The third kappa shape index (κ3) is 4.55. The molecule has 0 saturated carbocycles. The molecular formula is C9H12BrNO3. The Bertz CT molecular complexity index is 270. The number of aromatic nitrogens is 1. The van der Waals surface area contributed by atoms with E-state index in [0.717, 1.165) is 4.47 Å². The van der Waals surface area contributed by atoms with Crippen molar-refractivity contribution in [1.29, 1.82) is 0 Å². The van der Waals surface area contributed by atoms with E-state index in [0.29, 0.717) is 25.7 Å². The number of rotatable bonds is 6. The summed E-state index contributed by atoms with van der Waals surface area (Å²) < 4.78 is 11.2. The average molecular weight is 262 g/mol. The van der Waals surface area contributed by atoms with Crippen molar-refractivity contribution in [2.75, 3.05) is 26.4 Å². The van der Waals surface area contributed by atoms with E-state index in [9.17, 15) is 0 Å². The Balaban J connectivity index is 2.18. The molecule has 0 amide bonds. The van der Waals surface area contributed by atoms with Crippen molar-refractivity contribution in [3.8, 4) is 5.88 Å². The largest absolute Gasteiger partial charge is 0.475 e.